The van der Waals surface area contributed by atoms with Crippen molar-refractivity contribution in [2.75, 3.05) is 11.9 Å². The van der Waals surface area contributed by atoms with Crippen molar-refractivity contribution in [3.05, 3.63) is 23.8 Å². The van der Waals surface area contributed by atoms with Gasteiger partial charge in [-0.05, 0) is 31.0 Å². The molecule has 0 aliphatic heterocycles. The van der Waals surface area contributed by atoms with Gasteiger partial charge in [-0.25, -0.2) is 9.59 Å². The van der Waals surface area contributed by atoms with Crippen LogP contribution in [0.3, 0.4) is 0 Å². The number of aromatic hydroxyl groups is 1. The summed E-state index contributed by atoms with van der Waals surface area (Å²) in [6.45, 7) is 0.354. The van der Waals surface area contributed by atoms with Crippen LogP contribution in [0.2, 0.25) is 0 Å². The summed E-state index contributed by atoms with van der Waals surface area (Å²) in [5, 5.41) is 23.3. The number of nitrogens with two attached hydrogens (primary N) is 1. The number of carboxylic acids is 1. The molecule has 114 valence electrons. The maximum Gasteiger partial charge on any atom is 0.335 e. The van der Waals surface area contributed by atoms with Crippen molar-refractivity contribution in [3.8, 4) is 5.75 Å². The Bertz CT molecular complexity index is 545. The van der Waals surface area contributed by atoms with Gasteiger partial charge < -0.3 is 26.6 Å². The Morgan fingerprint density at radius 1 is 1.19 bits per heavy atom. The highest BCUT2D eigenvalue weighted by molar-refractivity contribution is 5.93. The molecular weight excluding hydrogens is 278 g/mol. The monoisotopic (exact) mass is 295 g/mol. The van der Waals surface area contributed by atoms with Crippen LogP contribution < -0.4 is 16.4 Å². The Morgan fingerprint density at radius 3 is 2.48 bits per heavy atom. The molecule has 1 rings (SSSR count). The Hall–Kier alpha value is -2.77. The second kappa shape index (κ2) is 7.73. The fourth-order valence-electron chi connectivity index (χ4n) is 1.56. The Kier molecular flexibility index (Phi) is 5.99. The smallest absolute Gasteiger partial charge is 0.335 e. The van der Waals surface area contributed by atoms with Gasteiger partial charge in [-0.3, -0.25) is 4.79 Å². The predicted molar refractivity (Wildman–Crippen MR) is 75.1 cm³/mol. The number of nitrogens with one attached hydrogen (secondary N) is 2. The molecule has 21 heavy (non-hydrogen) atoms. The number of hydrogen-bond donors (Lipinski definition) is 5. The lowest BCUT2D eigenvalue weighted by molar-refractivity contribution is -0.118. The van der Waals surface area contributed by atoms with Gasteiger partial charge in [-0.2, -0.15) is 0 Å². The number of urea groups is 1. The zero-order valence-corrected chi connectivity index (χ0v) is 11.3. The van der Waals surface area contributed by atoms with E-state index < -0.39 is 12.0 Å². The normalized spacial score (nSPS) is 9.90. The third kappa shape index (κ3) is 5.81. The van der Waals surface area contributed by atoms with Crippen molar-refractivity contribution < 1.29 is 24.6 Å². The summed E-state index contributed by atoms with van der Waals surface area (Å²) in [6, 6.07) is 3.08. The minimum Gasteiger partial charge on any atom is -0.506 e. The minimum atomic E-state index is -1.17. The van der Waals surface area contributed by atoms with Crippen LogP contribution >= 0.6 is 0 Å². The molecule has 0 unspecified atom stereocenters. The first-order valence-electron chi connectivity index (χ1n) is 6.29. The van der Waals surface area contributed by atoms with Crippen LogP contribution in [-0.2, 0) is 4.79 Å². The molecule has 0 aliphatic carbocycles. The summed E-state index contributed by atoms with van der Waals surface area (Å²) in [5.74, 6) is -1.89. The number of phenolic OH excluding ortho intramolecular Hbond substituents is 1. The lowest BCUT2D eigenvalue weighted by Gasteiger charge is -2.09. The molecule has 0 bridgehead atoms. The van der Waals surface area contributed by atoms with E-state index in [9.17, 15) is 19.5 Å². The van der Waals surface area contributed by atoms with Crippen molar-refractivity contribution in [1.82, 2.24) is 5.32 Å². The molecule has 8 nitrogen and oxygen atoms in total. The highest BCUT2D eigenvalue weighted by Gasteiger charge is 2.09. The van der Waals surface area contributed by atoms with E-state index in [4.69, 9.17) is 10.8 Å². The van der Waals surface area contributed by atoms with Crippen molar-refractivity contribution in [1.29, 1.82) is 0 Å². The molecule has 0 aromatic heterocycles. The van der Waals surface area contributed by atoms with E-state index in [1.807, 2.05) is 0 Å². The zero-order chi connectivity index (χ0) is 15.8. The van der Waals surface area contributed by atoms with Crippen LogP contribution in [0.25, 0.3) is 0 Å². The average Bonchev–Trinajstić information content (AvgIpc) is 2.40. The minimum absolute atomic E-state index is 0.0788. The van der Waals surface area contributed by atoms with Crippen LogP contribution in [0, 0.1) is 0 Å². The number of anilines is 1. The average molecular weight is 295 g/mol. The highest BCUT2D eigenvalue weighted by Crippen LogP contribution is 2.24. The van der Waals surface area contributed by atoms with Crippen molar-refractivity contribution in [2.24, 2.45) is 5.73 Å². The van der Waals surface area contributed by atoms with Crippen molar-refractivity contribution in [2.45, 2.75) is 19.3 Å². The second-order valence-corrected chi connectivity index (χ2v) is 4.34. The first kappa shape index (κ1) is 16.3. The number of benzene rings is 1. The topological polar surface area (TPSA) is 142 Å². The van der Waals surface area contributed by atoms with E-state index in [1.54, 1.807) is 0 Å². The highest BCUT2D eigenvalue weighted by atomic mass is 16.4. The van der Waals surface area contributed by atoms with Crippen molar-refractivity contribution >= 4 is 23.6 Å². The number of carboxylic acid groups (broad SMARTS) is 1. The number of primary amides is 1. The molecular formula is C13H17N3O5. The quantitative estimate of drug-likeness (QED) is 0.375. The maximum absolute atomic E-state index is 11.5. The van der Waals surface area contributed by atoms with Crippen LogP contribution in [0.4, 0.5) is 10.5 Å². The summed E-state index contributed by atoms with van der Waals surface area (Å²) in [4.78, 5) is 32.7. The fourth-order valence-corrected chi connectivity index (χ4v) is 1.56. The second-order valence-electron chi connectivity index (χ2n) is 4.34. The van der Waals surface area contributed by atoms with Gasteiger partial charge >= 0.3 is 12.0 Å². The molecule has 0 spiro atoms. The third-order valence-electron chi connectivity index (χ3n) is 2.63. The molecule has 0 radical (unpaired) electrons. The number of rotatable bonds is 7. The molecule has 0 fully saturated rings. The predicted octanol–water partition coefficient (Wildman–Crippen LogP) is 0.867. The van der Waals surface area contributed by atoms with Crippen molar-refractivity contribution in [3.63, 3.8) is 0 Å². The van der Waals surface area contributed by atoms with Gasteiger partial charge in [0.25, 0.3) is 0 Å². The summed E-state index contributed by atoms with van der Waals surface area (Å²) in [5.41, 5.74) is 5.01. The largest absolute Gasteiger partial charge is 0.506 e. The van der Waals surface area contributed by atoms with Gasteiger partial charge in [0.15, 0.2) is 0 Å². The molecule has 6 N–H and O–H groups in total. The standard InChI is InChI=1S/C13H17N3O5/c14-11(18)3-1-2-6-15-13(21)16-9-5-4-8(12(19)20)7-10(9)17/h4-5,7,17H,1-3,6H2,(H2,14,18)(H,19,20)(H2,15,16,21). The number of amides is 3. The molecule has 1 aromatic carbocycles. The molecule has 1 aromatic rings. The van der Waals surface area contributed by atoms with Crippen LogP contribution in [0.1, 0.15) is 29.6 Å². The van der Waals surface area contributed by atoms with Crippen LogP contribution in [0.15, 0.2) is 18.2 Å². The first-order chi connectivity index (χ1) is 9.90. The van der Waals surface area contributed by atoms with E-state index >= 15 is 0 Å². The Labute approximate surface area is 120 Å². The summed E-state index contributed by atoms with van der Waals surface area (Å²) < 4.78 is 0. The maximum atomic E-state index is 11.5. The number of unbranched alkanes of at least 4 members (excludes halogenated alkanes) is 1. The molecule has 0 heterocycles. The molecule has 0 atom stereocenters. The molecule has 3 amide bonds. The van der Waals surface area contributed by atoms with Gasteiger partial charge in [0.1, 0.15) is 5.75 Å². The van der Waals surface area contributed by atoms with Gasteiger partial charge in [-0.15, -0.1) is 0 Å². The van der Waals surface area contributed by atoms with E-state index in [-0.39, 0.29) is 29.3 Å². The molecule has 0 saturated heterocycles. The van der Waals surface area contributed by atoms with E-state index in [1.165, 1.54) is 12.1 Å². The zero-order valence-electron chi connectivity index (χ0n) is 11.3. The summed E-state index contributed by atoms with van der Waals surface area (Å²) in [7, 11) is 0. The Morgan fingerprint density at radius 2 is 1.90 bits per heavy atom. The van der Waals surface area contributed by atoms with E-state index in [0.29, 0.717) is 19.4 Å². The van der Waals surface area contributed by atoms with Gasteiger partial charge in [-0.1, -0.05) is 0 Å². The summed E-state index contributed by atoms with van der Waals surface area (Å²) in [6.07, 6.45) is 1.44. The summed E-state index contributed by atoms with van der Waals surface area (Å²) >= 11 is 0. The molecule has 0 aliphatic rings. The van der Waals surface area contributed by atoms with Crippen LogP contribution in [0.5, 0.6) is 5.75 Å². The van der Waals surface area contributed by atoms with Crippen LogP contribution in [-0.4, -0.2) is 34.7 Å². The number of carbonyl (C=O) groups is 3. The van der Waals surface area contributed by atoms with E-state index in [2.05, 4.69) is 10.6 Å². The number of hydrogen-bond acceptors (Lipinski definition) is 4. The first-order valence-corrected chi connectivity index (χ1v) is 6.29. The Balaban J connectivity index is 2.41. The lowest BCUT2D eigenvalue weighted by atomic mass is 10.2. The number of phenols is 1. The third-order valence-corrected chi connectivity index (χ3v) is 2.63. The van der Waals surface area contributed by atoms with Gasteiger partial charge in [0.05, 0.1) is 11.3 Å². The van der Waals surface area contributed by atoms with Gasteiger partial charge in [0.2, 0.25) is 5.91 Å². The number of carbonyl (C=O) groups excluding carboxylic acids is 2. The van der Waals surface area contributed by atoms with Gasteiger partial charge in [0, 0.05) is 13.0 Å². The number of aromatic carboxylic acids is 1. The van der Waals surface area contributed by atoms with E-state index in [0.717, 1.165) is 6.07 Å². The lowest BCUT2D eigenvalue weighted by Crippen LogP contribution is -2.29. The fraction of sp³-hybridized carbons (Fsp3) is 0.308. The molecule has 8 heteroatoms. The SMILES string of the molecule is NC(=O)CCCCNC(=O)Nc1ccc(C(=O)O)cc1O. The molecule has 0 saturated carbocycles.